The van der Waals surface area contributed by atoms with Gasteiger partial charge in [0.15, 0.2) is 0 Å². The minimum absolute atomic E-state index is 0.224. The molecule has 1 aromatic rings. The number of unbranched alkanes of at least 4 members (excludes halogenated alkanes) is 1. The van der Waals surface area contributed by atoms with Gasteiger partial charge in [0, 0.05) is 13.0 Å². The molecule has 1 aliphatic rings. The monoisotopic (exact) mass is 283 g/mol. The van der Waals surface area contributed by atoms with Gasteiger partial charge in [0.05, 0.1) is 12.4 Å². The Morgan fingerprint density at radius 3 is 3.00 bits per heavy atom. The molecule has 1 N–H and O–H groups in total. The fraction of sp³-hybridized carbons (Fsp3) is 0.571. The Morgan fingerprint density at radius 2 is 2.21 bits per heavy atom. The van der Waals surface area contributed by atoms with Crippen molar-refractivity contribution < 1.29 is 13.2 Å². The van der Waals surface area contributed by atoms with Gasteiger partial charge in [-0.15, -0.1) is 0 Å². The molecule has 0 bridgehead atoms. The van der Waals surface area contributed by atoms with Gasteiger partial charge in [-0.1, -0.05) is 25.5 Å². The number of ether oxygens (including phenoxy) is 1. The van der Waals surface area contributed by atoms with Gasteiger partial charge in [0.25, 0.3) is 0 Å². The summed E-state index contributed by atoms with van der Waals surface area (Å²) in [5.74, 6) is 1.19. The topological polar surface area (TPSA) is 55.4 Å². The van der Waals surface area contributed by atoms with E-state index in [0.717, 1.165) is 37.2 Å². The Balaban J connectivity index is 1.83. The second kappa shape index (κ2) is 6.39. The molecule has 2 rings (SSSR count). The standard InChI is InChI=1S/C14H21NO3S/c1-2-3-10-19(16,17)15-8-6-12-4-5-14-13(11-12)7-9-18-14/h4-5,11,15H,2-3,6-10H2,1H3. The van der Waals surface area contributed by atoms with E-state index in [1.54, 1.807) is 0 Å². The SMILES string of the molecule is CCCCS(=O)(=O)NCCc1ccc2c(c1)CCO2. The third-order valence-electron chi connectivity index (χ3n) is 3.26. The molecule has 0 spiro atoms. The summed E-state index contributed by atoms with van der Waals surface area (Å²) in [6.45, 7) is 3.20. The molecule has 0 unspecified atom stereocenters. The Morgan fingerprint density at radius 1 is 1.37 bits per heavy atom. The maximum Gasteiger partial charge on any atom is 0.211 e. The van der Waals surface area contributed by atoms with E-state index in [2.05, 4.69) is 10.8 Å². The van der Waals surface area contributed by atoms with Crippen molar-refractivity contribution in [1.29, 1.82) is 0 Å². The zero-order chi connectivity index (χ0) is 13.7. The number of benzene rings is 1. The van der Waals surface area contributed by atoms with E-state index in [4.69, 9.17) is 4.74 Å². The first-order valence-electron chi connectivity index (χ1n) is 6.82. The van der Waals surface area contributed by atoms with Crippen LogP contribution in [0.2, 0.25) is 0 Å². The molecule has 0 saturated heterocycles. The zero-order valence-corrected chi connectivity index (χ0v) is 12.1. The maximum absolute atomic E-state index is 11.6. The molecule has 106 valence electrons. The van der Waals surface area contributed by atoms with Crippen molar-refractivity contribution in [1.82, 2.24) is 4.72 Å². The van der Waals surface area contributed by atoms with Crippen LogP contribution in [0.4, 0.5) is 0 Å². The first-order valence-corrected chi connectivity index (χ1v) is 8.48. The van der Waals surface area contributed by atoms with Crippen molar-refractivity contribution in [2.45, 2.75) is 32.6 Å². The number of sulfonamides is 1. The normalized spacial score (nSPS) is 14.2. The number of hydrogen-bond donors (Lipinski definition) is 1. The van der Waals surface area contributed by atoms with E-state index in [1.165, 1.54) is 5.56 Å². The molecular formula is C14H21NO3S. The molecule has 0 fully saturated rings. The molecule has 1 aliphatic heterocycles. The quantitative estimate of drug-likeness (QED) is 0.831. The summed E-state index contributed by atoms with van der Waals surface area (Å²) < 4.78 is 31.4. The fourth-order valence-electron chi connectivity index (χ4n) is 2.15. The predicted molar refractivity (Wildman–Crippen MR) is 76.0 cm³/mol. The average Bonchev–Trinajstić information content (AvgIpc) is 2.83. The van der Waals surface area contributed by atoms with Crippen LogP contribution in [0, 0.1) is 0 Å². The summed E-state index contributed by atoms with van der Waals surface area (Å²) in [6, 6.07) is 6.09. The molecule has 0 radical (unpaired) electrons. The summed E-state index contributed by atoms with van der Waals surface area (Å²) in [6.07, 6.45) is 3.28. The minimum atomic E-state index is -3.10. The molecule has 4 nitrogen and oxygen atoms in total. The van der Waals surface area contributed by atoms with Crippen LogP contribution >= 0.6 is 0 Å². The Labute approximate surface area is 115 Å². The minimum Gasteiger partial charge on any atom is -0.493 e. The van der Waals surface area contributed by atoms with E-state index < -0.39 is 10.0 Å². The molecule has 0 aliphatic carbocycles. The van der Waals surface area contributed by atoms with Crippen molar-refractivity contribution in [3.8, 4) is 5.75 Å². The molecule has 0 saturated carbocycles. The van der Waals surface area contributed by atoms with Crippen LogP contribution in [0.15, 0.2) is 18.2 Å². The lowest BCUT2D eigenvalue weighted by atomic mass is 10.1. The van der Waals surface area contributed by atoms with Gasteiger partial charge in [0.2, 0.25) is 10.0 Å². The third kappa shape index (κ3) is 4.21. The van der Waals surface area contributed by atoms with Crippen molar-refractivity contribution in [2.75, 3.05) is 18.9 Å². The van der Waals surface area contributed by atoms with Gasteiger partial charge >= 0.3 is 0 Å². The van der Waals surface area contributed by atoms with Gasteiger partial charge in [-0.2, -0.15) is 0 Å². The molecule has 0 amide bonds. The summed E-state index contributed by atoms with van der Waals surface area (Å²) >= 11 is 0. The van der Waals surface area contributed by atoms with Crippen molar-refractivity contribution >= 4 is 10.0 Å². The second-order valence-corrected chi connectivity index (χ2v) is 6.78. The third-order valence-corrected chi connectivity index (χ3v) is 4.73. The first kappa shape index (κ1) is 14.3. The highest BCUT2D eigenvalue weighted by Crippen LogP contribution is 2.25. The lowest BCUT2D eigenvalue weighted by molar-refractivity contribution is 0.357. The number of nitrogens with one attached hydrogen (secondary N) is 1. The lowest BCUT2D eigenvalue weighted by Crippen LogP contribution is -2.28. The van der Waals surface area contributed by atoms with Crippen LogP contribution in [0.1, 0.15) is 30.9 Å². The summed E-state index contributed by atoms with van der Waals surface area (Å²) in [5, 5.41) is 0. The van der Waals surface area contributed by atoms with Crippen LogP contribution in [0.5, 0.6) is 5.75 Å². The van der Waals surface area contributed by atoms with E-state index >= 15 is 0 Å². The molecule has 1 heterocycles. The van der Waals surface area contributed by atoms with Gasteiger partial charge < -0.3 is 4.74 Å². The van der Waals surface area contributed by atoms with E-state index in [9.17, 15) is 8.42 Å². The van der Waals surface area contributed by atoms with E-state index in [-0.39, 0.29) is 5.75 Å². The molecule has 0 atom stereocenters. The summed E-state index contributed by atoms with van der Waals surface area (Å²) in [5.41, 5.74) is 2.38. The second-order valence-electron chi connectivity index (χ2n) is 4.86. The largest absolute Gasteiger partial charge is 0.493 e. The molecular weight excluding hydrogens is 262 g/mol. The molecule has 19 heavy (non-hydrogen) atoms. The van der Waals surface area contributed by atoms with Crippen molar-refractivity contribution in [2.24, 2.45) is 0 Å². The van der Waals surface area contributed by atoms with Gasteiger partial charge in [-0.3, -0.25) is 0 Å². The lowest BCUT2D eigenvalue weighted by Gasteiger charge is -2.07. The molecule has 5 heteroatoms. The van der Waals surface area contributed by atoms with Gasteiger partial charge in [-0.05, 0) is 30.0 Å². The Kier molecular flexibility index (Phi) is 4.82. The smallest absolute Gasteiger partial charge is 0.211 e. The van der Waals surface area contributed by atoms with Crippen LogP contribution in [-0.2, 0) is 22.9 Å². The van der Waals surface area contributed by atoms with Crippen LogP contribution in [0.25, 0.3) is 0 Å². The highest BCUT2D eigenvalue weighted by atomic mass is 32.2. The Hall–Kier alpha value is -1.07. The summed E-state index contributed by atoms with van der Waals surface area (Å²) in [7, 11) is -3.10. The first-order chi connectivity index (χ1) is 9.11. The Bertz CT molecular complexity index is 525. The predicted octanol–water partition coefficient (Wildman–Crippen LogP) is 1.88. The fourth-order valence-corrected chi connectivity index (χ4v) is 3.38. The highest BCUT2D eigenvalue weighted by molar-refractivity contribution is 7.89. The maximum atomic E-state index is 11.6. The van der Waals surface area contributed by atoms with Gasteiger partial charge in [0.1, 0.15) is 5.75 Å². The van der Waals surface area contributed by atoms with Gasteiger partial charge in [-0.25, -0.2) is 13.1 Å². The average molecular weight is 283 g/mol. The highest BCUT2D eigenvalue weighted by Gasteiger charge is 2.12. The van der Waals surface area contributed by atoms with Crippen LogP contribution < -0.4 is 9.46 Å². The van der Waals surface area contributed by atoms with E-state index in [1.807, 2.05) is 19.1 Å². The van der Waals surface area contributed by atoms with E-state index in [0.29, 0.717) is 13.0 Å². The molecule has 1 aromatic carbocycles. The van der Waals surface area contributed by atoms with Crippen molar-refractivity contribution in [3.63, 3.8) is 0 Å². The van der Waals surface area contributed by atoms with Crippen molar-refractivity contribution in [3.05, 3.63) is 29.3 Å². The number of hydrogen-bond acceptors (Lipinski definition) is 3. The summed E-state index contributed by atoms with van der Waals surface area (Å²) in [4.78, 5) is 0. The zero-order valence-electron chi connectivity index (χ0n) is 11.3. The van der Waals surface area contributed by atoms with Crippen LogP contribution in [-0.4, -0.2) is 27.3 Å². The number of fused-ring (bicyclic) bond motifs is 1. The van der Waals surface area contributed by atoms with Crippen LogP contribution in [0.3, 0.4) is 0 Å². The molecule has 0 aromatic heterocycles. The number of rotatable bonds is 7.